The first-order valence-electron chi connectivity index (χ1n) is 5.95. The molecule has 0 heterocycles. The predicted molar refractivity (Wildman–Crippen MR) is 70.5 cm³/mol. The van der Waals surface area contributed by atoms with Gasteiger partial charge in [-0.15, -0.1) is 0 Å². The molecule has 0 aliphatic carbocycles. The van der Waals surface area contributed by atoms with Crippen molar-refractivity contribution in [2.75, 3.05) is 11.9 Å². The molecular weight excluding hydrogens is 216 g/mol. The third-order valence-corrected chi connectivity index (χ3v) is 3.08. The van der Waals surface area contributed by atoms with E-state index in [-0.39, 0.29) is 10.6 Å². The first kappa shape index (κ1) is 13.5. The Balaban J connectivity index is 2.92. The van der Waals surface area contributed by atoms with Crippen molar-refractivity contribution < 1.29 is 4.92 Å². The van der Waals surface area contributed by atoms with Gasteiger partial charge < -0.3 is 5.32 Å². The molecule has 0 fully saturated rings. The second-order valence-electron chi connectivity index (χ2n) is 4.61. The summed E-state index contributed by atoms with van der Waals surface area (Å²) in [5.41, 5.74) is 2.81. The topological polar surface area (TPSA) is 55.2 Å². The lowest BCUT2D eigenvalue weighted by molar-refractivity contribution is -0.385. The van der Waals surface area contributed by atoms with E-state index in [1.807, 2.05) is 13.0 Å². The van der Waals surface area contributed by atoms with Crippen LogP contribution in [0.2, 0.25) is 0 Å². The lowest BCUT2D eigenvalue weighted by atomic mass is 10.1. The molecule has 0 aliphatic rings. The number of hydrogen-bond acceptors (Lipinski definition) is 3. The molecule has 0 aliphatic heterocycles. The molecular formula is C13H20N2O2. The van der Waals surface area contributed by atoms with Crippen molar-refractivity contribution in [2.45, 2.75) is 34.1 Å². The van der Waals surface area contributed by atoms with Crippen LogP contribution in [-0.2, 0) is 0 Å². The Morgan fingerprint density at radius 2 is 2.00 bits per heavy atom. The van der Waals surface area contributed by atoms with Gasteiger partial charge in [-0.1, -0.05) is 20.3 Å². The number of aryl methyl sites for hydroxylation is 2. The van der Waals surface area contributed by atoms with E-state index in [1.165, 1.54) is 0 Å². The highest BCUT2D eigenvalue weighted by Crippen LogP contribution is 2.26. The molecule has 0 saturated heterocycles. The Kier molecular flexibility index (Phi) is 4.49. The molecule has 1 rings (SSSR count). The van der Waals surface area contributed by atoms with Crippen molar-refractivity contribution in [1.82, 2.24) is 0 Å². The number of nitro benzene ring substituents is 1. The molecule has 0 spiro atoms. The largest absolute Gasteiger partial charge is 0.384 e. The summed E-state index contributed by atoms with van der Waals surface area (Å²) in [6, 6.07) is 3.49. The molecule has 1 aromatic carbocycles. The first-order valence-corrected chi connectivity index (χ1v) is 5.95. The van der Waals surface area contributed by atoms with Crippen LogP contribution in [-0.4, -0.2) is 11.5 Å². The van der Waals surface area contributed by atoms with E-state index in [4.69, 9.17) is 0 Å². The van der Waals surface area contributed by atoms with Crippen molar-refractivity contribution in [3.05, 3.63) is 33.4 Å². The highest BCUT2D eigenvalue weighted by molar-refractivity contribution is 5.60. The fourth-order valence-electron chi connectivity index (χ4n) is 1.66. The van der Waals surface area contributed by atoms with Crippen molar-refractivity contribution >= 4 is 11.4 Å². The quantitative estimate of drug-likeness (QED) is 0.627. The summed E-state index contributed by atoms with van der Waals surface area (Å²) in [5, 5.41) is 14.1. The fourth-order valence-corrected chi connectivity index (χ4v) is 1.66. The maximum absolute atomic E-state index is 10.9. The second-order valence-corrected chi connectivity index (χ2v) is 4.61. The van der Waals surface area contributed by atoms with Crippen LogP contribution in [0.4, 0.5) is 11.4 Å². The van der Waals surface area contributed by atoms with E-state index in [0.29, 0.717) is 11.5 Å². The summed E-state index contributed by atoms with van der Waals surface area (Å²) in [6.45, 7) is 8.87. The van der Waals surface area contributed by atoms with E-state index in [1.54, 1.807) is 13.0 Å². The number of anilines is 1. The molecule has 1 atom stereocenters. The molecule has 94 valence electrons. The second kappa shape index (κ2) is 5.66. The molecule has 0 aromatic heterocycles. The summed E-state index contributed by atoms with van der Waals surface area (Å²) in [4.78, 5) is 10.5. The molecule has 4 nitrogen and oxygen atoms in total. The maximum Gasteiger partial charge on any atom is 0.274 e. The predicted octanol–water partition coefficient (Wildman–Crippen LogP) is 3.67. The molecule has 0 saturated carbocycles. The van der Waals surface area contributed by atoms with Gasteiger partial charge in [0.25, 0.3) is 5.69 Å². The van der Waals surface area contributed by atoms with E-state index in [9.17, 15) is 10.1 Å². The van der Waals surface area contributed by atoms with Gasteiger partial charge in [-0.3, -0.25) is 10.1 Å². The van der Waals surface area contributed by atoms with Crippen LogP contribution in [0.25, 0.3) is 0 Å². The molecule has 17 heavy (non-hydrogen) atoms. The normalized spacial score (nSPS) is 12.2. The highest BCUT2D eigenvalue weighted by Gasteiger charge is 2.13. The highest BCUT2D eigenvalue weighted by atomic mass is 16.6. The van der Waals surface area contributed by atoms with Gasteiger partial charge in [-0.05, 0) is 31.4 Å². The van der Waals surface area contributed by atoms with Crippen LogP contribution in [0.15, 0.2) is 12.1 Å². The van der Waals surface area contributed by atoms with Crippen LogP contribution in [0.3, 0.4) is 0 Å². The minimum absolute atomic E-state index is 0.183. The van der Waals surface area contributed by atoms with Gasteiger partial charge in [0.15, 0.2) is 0 Å². The van der Waals surface area contributed by atoms with Crippen LogP contribution in [0, 0.1) is 29.9 Å². The van der Waals surface area contributed by atoms with Gasteiger partial charge in [0.05, 0.1) is 4.92 Å². The zero-order chi connectivity index (χ0) is 13.0. The molecule has 0 radical (unpaired) electrons. The Morgan fingerprint density at radius 1 is 1.35 bits per heavy atom. The smallest absolute Gasteiger partial charge is 0.274 e. The molecule has 0 amide bonds. The van der Waals surface area contributed by atoms with Gasteiger partial charge >= 0.3 is 0 Å². The number of nitro groups is 1. The average Bonchev–Trinajstić information content (AvgIpc) is 2.26. The van der Waals surface area contributed by atoms with E-state index in [2.05, 4.69) is 19.2 Å². The third kappa shape index (κ3) is 3.44. The van der Waals surface area contributed by atoms with E-state index in [0.717, 1.165) is 24.2 Å². The van der Waals surface area contributed by atoms with Gasteiger partial charge in [-0.25, -0.2) is 0 Å². The Hall–Kier alpha value is -1.58. The Morgan fingerprint density at radius 3 is 2.53 bits per heavy atom. The van der Waals surface area contributed by atoms with Crippen molar-refractivity contribution in [3.63, 3.8) is 0 Å². The van der Waals surface area contributed by atoms with Crippen molar-refractivity contribution in [1.29, 1.82) is 0 Å². The van der Waals surface area contributed by atoms with Crippen LogP contribution >= 0.6 is 0 Å². The van der Waals surface area contributed by atoms with Crippen molar-refractivity contribution in [2.24, 2.45) is 5.92 Å². The molecule has 0 bridgehead atoms. The summed E-state index contributed by atoms with van der Waals surface area (Å²) in [7, 11) is 0. The van der Waals surface area contributed by atoms with Crippen LogP contribution in [0.5, 0.6) is 0 Å². The SMILES string of the molecule is CCC(C)CNc1cc([N+](=O)[O-])c(C)cc1C. The summed E-state index contributed by atoms with van der Waals surface area (Å²) in [5.74, 6) is 0.565. The summed E-state index contributed by atoms with van der Waals surface area (Å²) >= 11 is 0. The van der Waals surface area contributed by atoms with Crippen LogP contribution < -0.4 is 5.32 Å². The monoisotopic (exact) mass is 236 g/mol. The fraction of sp³-hybridized carbons (Fsp3) is 0.538. The zero-order valence-corrected chi connectivity index (χ0v) is 10.9. The Bertz CT molecular complexity index is 416. The van der Waals surface area contributed by atoms with Crippen molar-refractivity contribution in [3.8, 4) is 0 Å². The zero-order valence-electron chi connectivity index (χ0n) is 10.9. The number of nitrogens with zero attached hydrogens (tertiary/aromatic N) is 1. The minimum atomic E-state index is -0.330. The standard InChI is InChI=1S/C13H20N2O2/c1-5-9(2)8-14-12-7-13(15(16)17)11(4)6-10(12)3/h6-7,9,14H,5,8H2,1-4H3. The number of benzene rings is 1. The molecule has 4 heteroatoms. The lowest BCUT2D eigenvalue weighted by Crippen LogP contribution is -2.11. The molecule has 1 N–H and O–H groups in total. The van der Waals surface area contributed by atoms with Gasteiger partial charge in [-0.2, -0.15) is 0 Å². The minimum Gasteiger partial charge on any atom is -0.384 e. The third-order valence-electron chi connectivity index (χ3n) is 3.08. The molecule has 1 unspecified atom stereocenters. The van der Waals surface area contributed by atoms with Gasteiger partial charge in [0, 0.05) is 23.9 Å². The number of rotatable bonds is 5. The lowest BCUT2D eigenvalue weighted by Gasteiger charge is -2.14. The number of nitrogens with one attached hydrogen (secondary N) is 1. The maximum atomic E-state index is 10.9. The summed E-state index contributed by atoms with van der Waals surface area (Å²) < 4.78 is 0. The number of hydrogen-bond donors (Lipinski definition) is 1. The Labute approximate surface area is 102 Å². The van der Waals surface area contributed by atoms with E-state index < -0.39 is 0 Å². The van der Waals surface area contributed by atoms with Gasteiger partial charge in [0.1, 0.15) is 0 Å². The van der Waals surface area contributed by atoms with Gasteiger partial charge in [0.2, 0.25) is 0 Å². The molecule has 1 aromatic rings. The first-order chi connectivity index (χ1) is 7.95. The van der Waals surface area contributed by atoms with Crippen LogP contribution in [0.1, 0.15) is 31.4 Å². The summed E-state index contributed by atoms with van der Waals surface area (Å²) in [6.07, 6.45) is 1.10. The van der Waals surface area contributed by atoms with E-state index >= 15 is 0 Å². The average molecular weight is 236 g/mol.